The summed E-state index contributed by atoms with van der Waals surface area (Å²) in [5.41, 5.74) is 1.81. The molecule has 3 rings (SSSR count). The zero-order valence-corrected chi connectivity index (χ0v) is 14.7. The molecule has 0 atom stereocenters. The van der Waals surface area contributed by atoms with Crippen LogP contribution in [0.25, 0.3) is 0 Å². The Morgan fingerprint density at radius 2 is 1.50 bits per heavy atom. The van der Waals surface area contributed by atoms with Gasteiger partial charge < -0.3 is 9.80 Å². The van der Waals surface area contributed by atoms with Crippen LogP contribution in [0.3, 0.4) is 0 Å². The Hall–Kier alpha value is -1.84. The molecule has 4 heteroatoms. The van der Waals surface area contributed by atoms with Gasteiger partial charge in [0.1, 0.15) is 0 Å². The maximum atomic E-state index is 12.7. The Morgan fingerprint density at radius 1 is 0.875 bits per heavy atom. The van der Waals surface area contributed by atoms with Crippen LogP contribution in [0, 0.1) is 12.8 Å². The van der Waals surface area contributed by atoms with Crippen LogP contribution in [0.4, 0.5) is 0 Å². The smallest absolute Gasteiger partial charge is 0.254 e. The molecule has 0 aromatic heterocycles. The third kappa shape index (κ3) is 3.80. The van der Waals surface area contributed by atoms with Gasteiger partial charge in [-0.1, -0.05) is 31.0 Å². The number of aryl methyl sites for hydroxylation is 1. The first-order valence-corrected chi connectivity index (χ1v) is 9.30. The third-order valence-corrected chi connectivity index (χ3v) is 5.42. The fourth-order valence-corrected chi connectivity index (χ4v) is 3.86. The predicted octanol–water partition coefficient (Wildman–Crippen LogP) is 3.25. The van der Waals surface area contributed by atoms with Crippen LogP contribution >= 0.6 is 0 Å². The number of benzene rings is 1. The molecule has 0 aliphatic carbocycles. The van der Waals surface area contributed by atoms with Gasteiger partial charge in [-0.15, -0.1) is 0 Å². The van der Waals surface area contributed by atoms with Crippen LogP contribution in [0.1, 0.15) is 54.4 Å². The van der Waals surface area contributed by atoms with E-state index in [4.69, 9.17) is 0 Å². The first-order chi connectivity index (χ1) is 11.7. The molecule has 0 radical (unpaired) electrons. The maximum absolute atomic E-state index is 12.7. The summed E-state index contributed by atoms with van der Waals surface area (Å²) in [4.78, 5) is 29.4. The van der Waals surface area contributed by atoms with Gasteiger partial charge >= 0.3 is 0 Å². The van der Waals surface area contributed by atoms with Gasteiger partial charge in [0.25, 0.3) is 5.91 Å². The highest BCUT2D eigenvalue weighted by Crippen LogP contribution is 2.23. The topological polar surface area (TPSA) is 40.6 Å². The van der Waals surface area contributed by atoms with Crippen molar-refractivity contribution in [1.82, 2.24) is 9.80 Å². The van der Waals surface area contributed by atoms with Crippen LogP contribution in [0.2, 0.25) is 0 Å². The van der Waals surface area contributed by atoms with Crippen molar-refractivity contribution in [2.45, 2.75) is 45.4 Å². The average Bonchev–Trinajstić information content (AvgIpc) is 2.90. The van der Waals surface area contributed by atoms with Crippen LogP contribution in [-0.2, 0) is 4.79 Å². The predicted molar refractivity (Wildman–Crippen MR) is 94.9 cm³/mol. The molecular weight excluding hydrogens is 300 g/mol. The SMILES string of the molecule is Cc1ccccc1C(=O)N1CCC(C(=O)N2CCCCCC2)CC1. The summed E-state index contributed by atoms with van der Waals surface area (Å²) in [6.45, 7) is 5.19. The Morgan fingerprint density at radius 3 is 2.12 bits per heavy atom. The van der Waals surface area contributed by atoms with Gasteiger partial charge in [-0.25, -0.2) is 0 Å². The zero-order valence-electron chi connectivity index (χ0n) is 14.7. The number of likely N-dealkylation sites (tertiary alicyclic amines) is 2. The molecule has 2 saturated heterocycles. The van der Waals surface area contributed by atoms with Crippen molar-refractivity contribution < 1.29 is 9.59 Å². The van der Waals surface area contributed by atoms with Crippen molar-refractivity contribution >= 4 is 11.8 Å². The highest BCUT2D eigenvalue weighted by Gasteiger charge is 2.30. The van der Waals surface area contributed by atoms with E-state index in [1.165, 1.54) is 12.8 Å². The Balaban J connectivity index is 1.56. The van der Waals surface area contributed by atoms with E-state index in [0.717, 1.165) is 49.9 Å². The summed E-state index contributed by atoms with van der Waals surface area (Å²) in [5.74, 6) is 0.526. The number of hydrogen-bond donors (Lipinski definition) is 0. The number of carbonyl (C=O) groups is 2. The molecule has 4 nitrogen and oxygen atoms in total. The van der Waals surface area contributed by atoms with Gasteiger partial charge in [0.05, 0.1) is 0 Å². The number of nitrogens with zero attached hydrogens (tertiary/aromatic N) is 2. The molecule has 1 aromatic carbocycles. The first-order valence-electron chi connectivity index (χ1n) is 9.30. The summed E-state index contributed by atoms with van der Waals surface area (Å²) in [5, 5.41) is 0. The number of hydrogen-bond acceptors (Lipinski definition) is 2. The summed E-state index contributed by atoms with van der Waals surface area (Å²) in [7, 11) is 0. The van der Waals surface area contributed by atoms with E-state index >= 15 is 0 Å². The summed E-state index contributed by atoms with van der Waals surface area (Å²) >= 11 is 0. The van der Waals surface area contributed by atoms with E-state index in [1.807, 2.05) is 36.1 Å². The summed E-state index contributed by atoms with van der Waals surface area (Å²) in [6, 6.07) is 7.74. The van der Waals surface area contributed by atoms with E-state index in [1.54, 1.807) is 0 Å². The molecule has 0 unspecified atom stereocenters. The summed E-state index contributed by atoms with van der Waals surface area (Å²) < 4.78 is 0. The van der Waals surface area contributed by atoms with E-state index in [9.17, 15) is 9.59 Å². The van der Waals surface area contributed by atoms with Crippen LogP contribution in [-0.4, -0.2) is 47.8 Å². The third-order valence-electron chi connectivity index (χ3n) is 5.42. The molecule has 0 saturated carbocycles. The molecule has 0 bridgehead atoms. The van der Waals surface area contributed by atoms with Gasteiger partial charge in [-0.05, 0) is 44.2 Å². The molecule has 2 fully saturated rings. The molecule has 2 aliphatic rings. The van der Waals surface area contributed by atoms with Crippen molar-refractivity contribution in [2.75, 3.05) is 26.2 Å². The van der Waals surface area contributed by atoms with Gasteiger partial charge in [-0.3, -0.25) is 9.59 Å². The van der Waals surface area contributed by atoms with E-state index in [2.05, 4.69) is 4.90 Å². The second kappa shape index (κ2) is 7.82. The Kier molecular flexibility index (Phi) is 5.54. The van der Waals surface area contributed by atoms with Crippen molar-refractivity contribution in [1.29, 1.82) is 0 Å². The molecule has 24 heavy (non-hydrogen) atoms. The number of amides is 2. The largest absolute Gasteiger partial charge is 0.342 e. The highest BCUT2D eigenvalue weighted by atomic mass is 16.2. The number of carbonyl (C=O) groups excluding carboxylic acids is 2. The minimum Gasteiger partial charge on any atom is -0.342 e. The lowest BCUT2D eigenvalue weighted by Crippen LogP contribution is -2.44. The molecular formula is C20H28N2O2. The second-order valence-corrected chi connectivity index (χ2v) is 7.12. The fraction of sp³-hybridized carbons (Fsp3) is 0.600. The van der Waals surface area contributed by atoms with Gasteiger partial charge in [-0.2, -0.15) is 0 Å². The Labute approximate surface area is 144 Å². The first kappa shape index (κ1) is 17.0. The van der Waals surface area contributed by atoms with Crippen molar-refractivity contribution in [3.05, 3.63) is 35.4 Å². The molecule has 130 valence electrons. The van der Waals surface area contributed by atoms with Gasteiger partial charge in [0.2, 0.25) is 5.91 Å². The zero-order chi connectivity index (χ0) is 16.9. The van der Waals surface area contributed by atoms with E-state index in [0.29, 0.717) is 19.0 Å². The normalized spacial score (nSPS) is 19.9. The number of piperidine rings is 1. The lowest BCUT2D eigenvalue weighted by molar-refractivity contribution is -0.136. The molecule has 0 spiro atoms. The van der Waals surface area contributed by atoms with E-state index < -0.39 is 0 Å². The van der Waals surface area contributed by atoms with Gasteiger partial charge in [0, 0.05) is 37.7 Å². The Bertz CT molecular complexity index is 583. The molecule has 0 N–H and O–H groups in total. The standard InChI is InChI=1S/C20H28N2O2/c1-16-8-4-5-9-18(16)20(24)22-14-10-17(11-15-22)19(23)21-12-6-2-3-7-13-21/h4-5,8-9,17H,2-3,6-7,10-15H2,1H3. The molecule has 2 heterocycles. The second-order valence-electron chi connectivity index (χ2n) is 7.12. The molecule has 1 aromatic rings. The van der Waals surface area contributed by atoms with Crippen LogP contribution < -0.4 is 0 Å². The van der Waals surface area contributed by atoms with Crippen molar-refractivity contribution in [3.8, 4) is 0 Å². The summed E-state index contributed by atoms with van der Waals surface area (Å²) in [6.07, 6.45) is 6.35. The number of rotatable bonds is 2. The van der Waals surface area contributed by atoms with Crippen molar-refractivity contribution in [2.24, 2.45) is 5.92 Å². The van der Waals surface area contributed by atoms with E-state index in [-0.39, 0.29) is 11.8 Å². The minimum absolute atomic E-state index is 0.101. The minimum atomic E-state index is 0.101. The monoisotopic (exact) mass is 328 g/mol. The quantitative estimate of drug-likeness (QED) is 0.836. The molecule has 2 aliphatic heterocycles. The lowest BCUT2D eigenvalue weighted by atomic mass is 9.94. The van der Waals surface area contributed by atoms with Crippen LogP contribution in [0.5, 0.6) is 0 Å². The average molecular weight is 328 g/mol. The lowest BCUT2D eigenvalue weighted by Gasteiger charge is -2.34. The van der Waals surface area contributed by atoms with Gasteiger partial charge in [0.15, 0.2) is 0 Å². The highest BCUT2D eigenvalue weighted by molar-refractivity contribution is 5.95. The fourth-order valence-electron chi connectivity index (χ4n) is 3.86. The molecule has 2 amide bonds. The maximum Gasteiger partial charge on any atom is 0.254 e. The van der Waals surface area contributed by atoms with Crippen molar-refractivity contribution in [3.63, 3.8) is 0 Å². The van der Waals surface area contributed by atoms with Crippen LogP contribution in [0.15, 0.2) is 24.3 Å².